The third-order valence-electron chi connectivity index (χ3n) is 3.30. The molecule has 2 heterocycles. The number of nitrogens with one attached hydrogen (secondary N) is 1. The van der Waals surface area contributed by atoms with Gasteiger partial charge in [-0.1, -0.05) is 0 Å². The Morgan fingerprint density at radius 3 is 2.71 bits per heavy atom. The summed E-state index contributed by atoms with van der Waals surface area (Å²) < 4.78 is 39.3. The summed E-state index contributed by atoms with van der Waals surface area (Å²) in [6.45, 7) is -1.88. The number of aromatic nitrogens is 2. The largest absolute Gasteiger partial charge is 0.463 e. The smallest absolute Gasteiger partial charge is 0.330 e. The highest BCUT2D eigenvalue weighted by Crippen LogP contribution is 2.38. The monoisotopic (exact) mass is 346 g/mol. The van der Waals surface area contributed by atoms with Crippen LogP contribution in [-0.4, -0.2) is 51.0 Å². The van der Waals surface area contributed by atoms with Crippen LogP contribution in [0.5, 0.6) is 0 Å². The highest BCUT2D eigenvalue weighted by atomic mass is 16.6. The molecule has 2 N–H and O–H groups in total. The van der Waals surface area contributed by atoms with E-state index in [0.29, 0.717) is 0 Å². The van der Waals surface area contributed by atoms with Gasteiger partial charge in [-0.15, -0.1) is 0 Å². The van der Waals surface area contributed by atoms with Crippen LogP contribution in [0, 0.1) is 0 Å². The van der Waals surface area contributed by atoms with E-state index in [1.54, 1.807) is 0 Å². The number of rotatable bonds is 4. The number of carbonyl (C=O) groups excluding carboxylic acids is 2. The van der Waals surface area contributed by atoms with E-state index < -0.39 is 60.7 Å². The predicted molar refractivity (Wildman–Crippen MR) is 78.0 cm³/mol. The molecule has 0 aliphatic carbocycles. The van der Waals surface area contributed by atoms with Gasteiger partial charge in [0.2, 0.25) is 0 Å². The summed E-state index contributed by atoms with van der Waals surface area (Å²) in [6.07, 6.45) is -4.24. The average Bonchev–Trinajstić information content (AvgIpc) is 2.79. The van der Waals surface area contributed by atoms with Crippen molar-refractivity contribution in [1.82, 2.24) is 9.55 Å². The highest BCUT2D eigenvalue weighted by Gasteiger charge is 2.55. The van der Waals surface area contributed by atoms with E-state index in [9.17, 15) is 24.3 Å². The zero-order chi connectivity index (χ0) is 20.6. The van der Waals surface area contributed by atoms with Gasteiger partial charge >= 0.3 is 17.6 Å². The summed E-state index contributed by atoms with van der Waals surface area (Å²) in [7, 11) is 0. The van der Waals surface area contributed by atoms with E-state index in [0.717, 1.165) is 30.7 Å². The highest BCUT2D eigenvalue weighted by molar-refractivity contribution is 5.67. The maximum atomic E-state index is 12.0. The second kappa shape index (κ2) is 6.57. The van der Waals surface area contributed by atoms with E-state index in [1.165, 1.54) is 0 Å². The fraction of sp³-hybridized carbons (Fsp3) is 0.571. The summed E-state index contributed by atoms with van der Waals surface area (Å²) in [5, 5.41) is 10.6. The lowest BCUT2D eigenvalue weighted by molar-refractivity contribution is -0.172. The second-order valence-electron chi connectivity index (χ2n) is 5.22. The van der Waals surface area contributed by atoms with Crippen molar-refractivity contribution in [1.29, 1.82) is 0 Å². The number of ether oxygens (including phenoxy) is 3. The fourth-order valence-corrected chi connectivity index (χ4v) is 2.30. The zero-order valence-electron chi connectivity index (χ0n) is 15.8. The molecule has 1 saturated heterocycles. The first kappa shape index (κ1) is 13.9. The molecule has 1 aliphatic heterocycles. The molecule has 1 aromatic heterocycles. The molecule has 2 rings (SSSR count). The SMILES string of the molecule is [2H]C([2H])([2H])[C@]1(COC(C)=O)O[C@@H](n2cc[13c](=O)[nH]c2=O)[C@H](O)[C@H]1OC(C)=O. The van der Waals surface area contributed by atoms with Crippen molar-refractivity contribution >= 4 is 11.9 Å². The Hall–Kier alpha value is -2.46. The van der Waals surface area contributed by atoms with Crippen molar-refractivity contribution in [2.24, 2.45) is 0 Å². The van der Waals surface area contributed by atoms with Gasteiger partial charge < -0.3 is 19.3 Å². The molecule has 1 aliphatic rings. The van der Waals surface area contributed by atoms with Crippen molar-refractivity contribution in [3.63, 3.8) is 0 Å². The van der Waals surface area contributed by atoms with E-state index in [4.69, 9.17) is 18.3 Å². The Morgan fingerprint density at radius 2 is 2.17 bits per heavy atom. The normalized spacial score (nSPS) is 31.6. The number of H-pyrrole nitrogens is 1. The van der Waals surface area contributed by atoms with E-state index >= 15 is 0 Å². The summed E-state index contributed by atoms with van der Waals surface area (Å²) in [4.78, 5) is 47.8. The molecule has 132 valence electrons. The summed E-state index contributed by atoms with van der Waals surface area (Å²) in [5.41, 5.74) is -4.14. The van der Waals surface area contributed by atoms with Gasteiger partial charge in [-0.25, -0.2) is 4.79 Å². The zero-order valence-corrected chi connectivity index (χ0v) is 12.8. The number of aliphatic hydroxyl groups is 1. The molecule has 0 spiro atoms. The van der Waals surface area contributed by atoms with E-state index in [-0.39, 0.29) is 0 Å². The quantitative estimate of drug-likeness (QED) is 0.641. The number of carbonyl (C=O) groups is 2. The minimum absolute atomic E-state index is 0.720. The van der Waals surface area contributed by atoms with Gasteiger partial charge in [0.05, 0.1) is 0 Å². The van der Waals surface area contributed by atoms with Crippen LogP contribution >= 0.6 is 0 Å². The van der Waals surface area contributed by atoms with Crippen LogP contribution in [0.1, 0.15) is 31.0 Å². The fourth-order valence-electron chi connectivity index (χ4n) is 2.30. The Balaban J connectivity index is 2.58. The van der Waals surface area contributed by atoms with Gasteiger partial charge in [0.25, 0.3) is 5.56 Å². The van der Waals surface area contributed by atoms with Crippen LogP contribution in [0.15, 0.2) is 21.9 Å². The molecular formula is C14H18N2O8. The van der Waals surface area contributed by atoms with Crippen LogP contribution < -0.4 is 11.2 Å². The molecule has 10 heteroatoms. The van der Waals surface area contributed by atoms with Gasteiger partial charge in [0.15, 0.2) is 12.3 Å². The molecule has 24 heavy (non-hydrogen) atoms. The number of hydrogen-bond donors (Lipinski definition) is 2. The molecule has 0 saturated carbocycles. The van der Waals surface area contributed by atoms with Crippen LogP contribution in [-0.2, 0) is 23.8 Å². The van der Waals surface area contributed by atoms with Gasteiger partial charge in [-0.05, 0) is 6.85 Å². The molecule has 0 unspecified atom stereocenters. The second-order valence-corrected chi connectivity index (χ2v) is 5.22. The number of aliphatic hydroxyl groups excluding tert-OH is 1. The van der Waals surface area contributed by atoms with Crippen molar-refractivity contribution in [3.05, 3.63) is 33.1 Å². The third kappa shape index (κ3) is 3.54. The Labute approximate surface area is 140 Å². The van der Waals surface area contributed by atoms with Crippen molar-refractivity contribution < 1.29 is 33.0 Å². The number of esters is 2. The Bertz CT molecular complexity index is 848. The lowest BCUT2D eigenvalue weighted by Gasteiger charge is -2.29. The first-order chi connectivity index (χ1) is 12.4. The minimum atomic E-state index is -3.02. The predicted octanol–water partition coefficient (Wildman–Crippen LogP) is -1.32. The maximum Gasteiger partial charge on any atom is 0.330 e. The first-order valence-corrected chi connectivity index (χ1v) is 6.87. The van der Waals surface area contributed by atoms with E-state index in [2.05, 4.69) is 0 Å². The van der Waals surface area contributed by atoms with Gasteiger partial charge in [0.1, 0.15) is 18.3 Å². The molecular weight excluding hydrogens is 325 g/mol. The Morgan fingerprint density at radius 1 is 1.46 bits per heavy atom. The first-order valence-electron chi connectivity index (χ1n) is 8.37. The molecule has 0 aromatic carbocycles. The summed E-state index contributed by atoms with van der Waals surface area (Å²) in [6, 6.07) is 0.958. The van der Waals surface area contributed by atoms with Crippen LogP contribution in [0.2, 0.25) is 0 Å². The summed E-state index contributed by atoms with van der Waals surface area (Å²) >= 11 is 0. The third-order valence-corrected chi connectivity index (χ3v) is 3.30. The van der Waals surface area contributed by atoms with Crippen molar-refractivity contribution in [2.45, 2.75) is 44.7 Å². The average molecular weight is 346 g/mol. The standard InChI is InChI=1S/C14H18N2O8/c1-7(17)22-6-14(3)11(23-8(2)18)10(20)12(24-14)16-5-4-9(19)15-13(16)21/h4-5,10-12,20H,6H2,1-3H3,(H,15,19,21)/t10-,11-,12-,14-/m1/s1/i3D3,9+1. The van der Waals surface area contributed by atoms with Crippen LogP contribution in [0.25, 0.3) is 0 Å². The minimum Gasteiger partial charge on any atom is -0.463 e. The Kier molecular flexibility index (Phi) is 3.82. The van der Waals surface area contributed by atoms with Crippen LogP contribution in [0.4, 0.5) is 0 Å². The van der Waals surface area contributed by atoms with Gasteiger partial charge in [-0.2, -0.15) is 0 Å². The molecule has 0 radical (unpaired) electrons. The molecule has 0 bridgehead atoms. The topological polar surface area (TPSA) is 137 Å². The van der Waals surface area contributed by atoms with Crippen molar-refractivity contribution in [3.8, 4) is 0 Å². The molecule has 10 nitrogen and oxygen atoms in total. The molecule has 1 aromatic rings. The molecule has 0 amide bonds. The van der Waals surface area contributed by atoms with Gasteiger partial charge in [0, 0.05) is 30.2 Å². The number of nitrogens with zero attached hydrogens (tertiary/aromatic N) is 1. The maximum absolute atomic E-state index is 12.0. The summed E-state index contributed by atoms with van der Waals surface area (Å²) in [5.74, 6) is -1.75. The molecule has 4 atom stereocenters. The van der Waals surface area contributed by atoms with E-state index in [1.807, 2.05) is 4.98 Å². The lowest BCUT2D eigenvalue weighted by Crippen LogP contribution is -2.47. The van der Waals surface area contributed by atoms with Crippen molar-refractivity contribution in [2.75, 3.05) is 6.61 Å². The number of hydrogen-bond acceptors (Lipinski definition) is 8. The van der Waals surface area contributed by atoms with Gasteiger partial charge in [-0.3, -0.25) is 23.9 Å². The number of aromatic amines is 1. The molecule has 1 fully saturated rings. The lowest BCUT2D eigenvalue weighted by atomic mass is 9.98. The van der Waals surface area contributed by atoms with Crippen LogP contribution in [0.3, 0.4) is 0 Å².